The number of rotatable bonds is 7. The third-order valence-electron chi connectivity index (χ3n) is 1.76. The van der Waals surface area contributed by atoms with Crippen molar-refractivity contribution in [3.05, 3.63) is 12.2 Å². The second-order valence-corrected chi connectivity index (χ2v) is 3.20. The molecule has 0 amide bonds. The molecule has 0 aliphatic carbocycles. The summed E-state index contributed by atoms with van der Waals surface area (Å²) in [5, 5.41) is 8.50. The van der Waals surface area contributed by atoms with Crippen LogP contribution >= 0.6 is 0 Å². The molecular weight excluding hydrogens is 136 g/mol. The van der Waals surface area contributed by atoms with Crippen molar-refractivity contribution >= 4 is 0 Å². The summed E-state index contributed by atoms with van der Waals surface area (Å²) in [6, 6.07) is 0. The van der Waals surface area contributed by atoms with E-state index < -0.39 is 0 Å². The van der Waals surface area contributed by atoms with Crippen LogP contribution in [0.2, 0.25) is 0 Å². The highest BCUT2D eigenvalue weighted by Crippen LogP contribution is 2.08. The van der Waals surface area contributed by atoms with Crippen LogP contribution in [0.1, 0.15) is 45.4 Å². The van der Waals surface area contributed by atoms with Crippen LogP contribution in [0.3, 0.4) is 0 Å². The van der Waals surface area contributed by atoms with Crippen LogP contribution in [0.4, 0.5) is 0 Å². The Morgan fingerprint density at radius 2 is 1.64 bits per heavy atom. The molecule has 0 fully saturated rings. The van der Waals surface area contributed by atoms with Gasteiger partial charge in [-0.3, -0.25) is 0 Å². The molecular formula is C10H20O. The molecule has 0 saturated heterocycles. The van der Waals surface area contributed by atoms with Gasteiger partial charge < -0.3 is 5.11 Å². The van der Waals surface area contributed by atoms with Gasteiger partial charge >= 0.3 is 0 Å². The predicted octanol–water partition coefficient (Wildman–Crippen LogP) is 2.90. The van der Waals surface area contributed by atoms with Gasteiger partial charge in [0, 0.05) is 6.61 Å². The van der Waals surface area contributed by atoms with Gasteiger partial charge in [0.1, 0.15) is 0 Å². The first-order chi connectivity index (χ1) is 5.27. The monoisotopic (exact) mass is 156 g/mol. The van der Waals surface area contributed by atoms with Crippen molar-refractivity contribution < 1.29 is 5.11 Å². The molecule has 0 saturated carbocycles. The van der Waals surface area contributed by atoms with E-state index in [-0.39, 0.29) is 0 Å². The van der Waals surface area contributed by atoms with Gasteiger partial charge in [-0.05, 0) is 26.2 Å². The summed E-state index contributed by atoms with van der Waals surface area (Å²) >= 11 is 0. The Morgan fingerprint density at radius 3 is 2.18 bits per heavy atom. The Kier molecular flexibility index (Phi) is 7.59. The summed E-state index contributed by atoms with van der Waals surface area (Å²) in [4.78, 5) is 0. The Morgan fingerprint density at radius 1 is 1.09 bits per heavy atom. The number of hydrogen-bond donors (Lipinski definition) is 1. The van der Waals surface area contributed by atoms with Gasteiger partial charge in [0.15, 0.2) is 0 Å². The molecule has 11 heavy (non-hydrogen) atoms. The number of aliphatic hydroxyl groups excluding tert-OH is 1. The van der Waals surface area contributed by atoms with Crippen molar-refractivity contribution in [1.29, 1.82) is 0 Å². The Bertz CT molecular complexity index is 97.0. The predicted molar refractivity (Wildman–Crippen MR) is 49.6 cm³/mol. The van der Waals surface area contributed by atoms with Crippen LogP contribution in [0.5, 0.6) is 0 Å². The molecule has 0 aromatic carbocycles. The van der Waals surface area contributed by atoms with E-state index in [1.54, 1.807) is 0 Å². The summed E-state index contributed by atoms with van der Waals surface area (Å²) in [5.41, 5.74) is 1.28. The Balaban J connectivity index is 2.85. The van der Waals surface area contributed by atoms with Crippen LogP contribution in [0, 0.1) is 0 Å². The fourth-order valence-electron chi connectivity index (χ4n) is 1.07. The third kappa shape index (κ3) is 9.70. The lowest BCUT2D eigenvalue weighted by molar-refractivity contribution is 0.282. The van der Waals surface area contributed by atoms with Crippen molar-refractivity contribution in [1.82, 2.24) is 0 Å². The summed E-state index contributed by atoms with van der Waals surface area (Å²) in [6.07, 6.45) is 7.11. The smallest absolute Gasteiger partial charge is 0.0431 e. The molecule has 0 unspecified atom stereocenters. The maximum absolute atomic E-state index is 8.50. The summed E-state index contributed by atoms with van der Waals surface area (Å²) in [7, 11) is 0. The van der Waals surface area contributed by atoms with E-state index in [9.17, 15) is 0 Å². The molecule has 0 aliphatic heterocycles. The highest BCUT2D eigenvalue weighted by molar-refractivity contribution is 4.86. The fourth-order valence-corrected chi connectivity index (χ4v) is 1.07. The lowest BCUT2D eigenvalue weighted by Crippen LogP contribution is -1.83. The van der Waals surface area contributed by atoms with Crippen molar-refractivity contribution in [2.75, 3.05) is 6.61 Å². The first-order valence-electron chi connectivity index (χ1n) is 4.52. The fraction of sp³-hybridized carbons (Fsp3) is 0.800. The highest BCUT2D eigenvalue weighted by Gasteiger charge is 1.89. The van der Waals surface area contributed by atoms with E-state index in [4.69, 9.17) is 5.11 Å². The molecule has 0 rings (SSSR count). The Hall–Kier alpha value is -0.300. The molecule has 0 atom stereocenters. The van der Waals surface area contributed by atoms with Gasteiger partial charge in [-0.15, -0.1) is 6.58 Å². The van der Waals surface area contributed by atoms with E-state index in [0.29, 0.717) is 6.61 Å². The lowest BCUT2D eigenvalue weighted by Gasteiger charge is -1.99. The van der Waals surface area contributed by atoms with Crippen molar-refractivity contribution in [3.63, 3.8) is 0 Å². The maximum Gasteiger partial charge on any atom is 0.0431 e. The van der Waals surface area contributed by atoms with Crippen molar-refractivity contribution in [2.24, 2.45) is 0 Å². The first kappa shape index (κ1) is 10.7. The molecule has 0 aliphatic rings. The largest absolute Gasteiger partial charge is 0.396 e. The topological polar surface area (TPSA) is 20.2 Å². The van der Waals surface area contributed by atoms with E-state index in [0.717, 1.165) is 6.42 Å². The van der Waals surface area contributed by atoms with Crippen molar-refractivity contribution in [3.8, 4) is 0 Å². The van der Waals surface area contributed by atoms with Gasteiger partial charge in [0.2, 0.25) is 0 Å². The first-order valence-corrected chi connectivity index (χ1v) is 4.52. The van der Waals surface area contributed by atoms with Gasteiger partial charge in [0.25, 0.3) is 0 Å². The number of allylic oxidation sites excluding steroid dienone is 1. The van der Waals surface area contributed by atoms with Gasteiger partial charge in [0.05, 0.1) is 0 Å². The molecule has 1 nitrogen and oxygen atoms in total. The second-order valence-electron chi connectivity index (χ2n) is 3.20. The van der Waals surface area contributed by atoms with Gasteiger partial charge in [-0.2, -0.15) is 0 Å². The Labute approximate surface area is 70.1 Å². The average Bonchev–Trinajstić information content (AvgIpc) is 1.96. The molecule has 0 aromatic heterocycles. The van der Waals surface area contributed by atoms with Crippen molar-refractivity contribution in [2.45, 2.75) is 45.4 Å². The normalized spacial score (nSPS) is 10.0. The van der Waals surface area contributed by atoms with E-state index in [1.165, 1.54) is 37.7 Å². The number of aliphatic hydroxyl groups is 1. The summed E-state index contributed by atoms with van der Waals surface area (Å²) in [6.45, 7) is 6.27. The maximum atomic E-state index is 8.50. The van der Waals surface area contributed by atoms with E-state index >= 15 is 0 Å². The minimum absolute atomic E-state index is 0.348. The molecule has 1 N–H and O–H groups in total. The molecule has 1 heteroatoms. The lowest BCUT2D eigenvalue weighted by atomic mass is 10.1. The van der Waals surface area contributed by atoms with Crippen LogP contribution in [-0.2, 0) is 0 Å². The van der Waals surface area contributed by atoms with Gasteiger partial charge in [-0.25, -0.2) is 0 Å². The van der Waals surface area contributed by atoms with E-state index in [1.807, 2.05) is 0 Å². The SMILES string of the molecule is C=C(C)CCCCCCCO. The zero-order chi connectivity index (χ0) is 8.53. The minimum atomic E-state index is 0.348. The standard InChI is InChI=1S/C10H20O/c1-10(2)8-6-4-3-5-7-9-11/h11H,1,3-9H2,2H3. The van der Waals surface area contributed by atoms with E-state index in [2.05, 4.69) is 13.5 Å². The number of hydrogen-bond acceptors (Lipinski definition) is 1. The molecule has 0 aromatic rings. The zero-order valence-corrected chi connectivity index (χ0v) is 7.60. The minimum Gasteiger partial charge on any atom is -0.396 e. The average molecular weight is 156 g/mol. The van der Waals surface area contributed by atoms with Crippen LogP contribution in [0.15, 0.2) is 12.2 Å². The highest BCUT2D eigenvalue weighted by atomic mass is 16.2. The quantitative estimate of drug-likeness (QED) is 0.444. The molecule has 0 bridgehead atoms. The second kappa shape index (κ2) is 7.80. The molecule has 66 valence electrons. The van der Waals surface area contributed by atoms with Gasteiger partial charge in [-0.1, -0.05) is 24.8 Å². The van der Waals surface area contributed by atoms with Crippen LogP contribution in [0.25, 0.3) is 0 Å². The molecule has 0 spiro atoms. The molecule has 0 heterocycles. The number of unbranched alkanes of at least 4 members (excludes halogenated alkanes) is 4. The molecule has 0 radical (unpaired) electrons. The van der Waals surface area contributed by atoms with Crippen LogP contribution in [-0.4, -0.2) is 11.7 Å². The van der Waals surface area contributed by atoms with Crippen LogP contribution < -0.4 is 0 Å². The summed E-state index contributed by atoms with van der Waals surface area (Å²) in [5.74, 6) is 0. The zero-order valence-electron chi connectivity index (χ0n) is 7.60. The third-order valence-corrected chi connectivity index (χ3v) is 1.76. The summed E-state index contributed by atoms with van der Waals surface area (Å²) < 4.78 is 0.